The summed E-state index contributed by atoms with van der Waals surface area (Å²) in [6, 6.07) is -0.479. The molecule has 4 heteroatoms. The van der Waals surface area contributed by atoms with Crippen LogP contribution in [0.3, 0.4) is 0 Å². The van der Waals surface area contributed by atoms with Crippen molar-refractivity contribution in [3.8, 4) is 0 Å². The Morgan fingerprint density at radius 3 is 2.50 bits per heavy atom. The van der Waals surface area contributed by atoms with Crippen molar-refractivity contribution in [2.24, 2.45) is 0 Å². The maximum atomic E-state index is 11.1. The molecule has 0 fully saturated rings. The monoisotopic (exact) mass is 173 g/mol. The van der Waals surface area contributed by atoms with Crippen molar-refractivity contribution in [2.45, 2.75) is 26.8 Å². The van der Waals surface area contributed by atoms with Crippen LogP contribution >= 0.6 is 0 Å². The average molecular weight is 173 g/mol. The van der Waals surface area contributed by atoms with Crippen LogP contribution in [0.25, 0.3) is 0 Å². The Kier molecular flexibility index (Phi) is 5.08. The number of esters is 1. The zero-order valence-corrected chi connectivity index (χ0v) is 7.74. The highest BCUT2D eigenvalue weighted by molar-refractivity contribution is 5.77. The molecule has 4 nitrogen and oxygen atoms in total. The van der Waals surface area contributed by atoms with E-state index in [1.54, 1.807) is 13.8 Å². The SMILES string of the molecule is CCOC(=O)C(C)N(C=O)CC. The highest BCUT2D eigenvalue weighted by Gasteiger charge is 2.18. The van der Waals surface area contributed by atoms with Gasteiger partial charge >= 0.3 is 5.97 Å². The van der Waals surface area contributed by atoms with Crippen molar-refractivity contribution in [1.82, 2.24) is 4.90 Å². The normalized spacial score (nSPS) is 11.9. The van der Waals surface area contributed by atoms with Crippen LogP contribution in [0.5, 0.6) is 0 Å². The number of rotatable bonds is 5. The van der Waals surface area contributed by atoms with Gasteiger partial charge in [0.05, 0.1) is 6.61 Å². The van der Waals surface area contributed by atoms with Crippen molar-refractivity contribution >= 4 is 12.4 Å². The minimum Gasteiger partial charge on any atom is -0.464 e. The summed E-state index contributed by atoms with van der Waals surface area (Å²) in [4.78, 5) is 22.9. The van der Waals surface area contributed by atoms with Crippen LogP contribution in [0.4, 0.5) is 0 Å². The van der Waals surface area contributed by atoms with E-state index in [2.05, 4.69) is 0 Å². The molecule has 0 aliphatic heterocycles. The van der Waals surface area contributed by atoms with Crippen molar-refractivity contribution in [1.29, 1.82) is 0 Å². The summed E-state index contributed by atoms with van der Waals surface area (Å²) in [6.07, 6.45) is 0.654. The Hall–Kier alpha value is -1.06. The molecule has 0 saturated carbocycles. The fourth-order valence-electron chi connectivity index (χ4n) is 0.838. The number of nitrogens with zero attached hydrogens (tertiary/aromatic N) is 1. The molecule has 70 valence electrons. The largest absolute Gasteiger partial charge is 0.464 e. The molecule has 0 aliphatic rings. The van der Waals surface area contributed by atoms with E-state index in [1.165, 1.54) is 4.90 Å². The molecule has 1 unspecified atom stereocenters. The van der Waals surface area contributed by atoms with Crippen molar-refractivity contribution < 1.29 is 14.3 Å². The van der Waals surface area contributed by atoms with E-state index in [0.717, 1.165) is 0 Å². The predicted molar refractivity (Wildman–Crippen MR) is 44.5 cm³/mol. The standard InChI is InChI=1S/C8H15NO3/c1-4-9(6-10)7(3)8(11)12-5-2/h6-7H,4-5H2,1-3H3. The van der Waals surface area contributed by atoms with Gasteiger partial charge in [0.2, 0.25) is 6.41 Å². The summed E-state index contributed by atoms with van der Waals surface area (Å²) in [5.74, 6) is -0.355. The maximum Gasteiger partial charge on any atom is 0.328 e. The number of hydrogen-bond acceptors (Lipinski definition) is 3. The summed E-state index contributed by atoms with van der Waals surface area (Å²) >= 11 is 0. The number of carbonyl (C=O) groups excluding carboxylic acids is 2. The van der Waals surface area contributed by atoms with E-state index in [0.29, 0.717) is 19.6 Å². The number of carbonyl (C=O) groups is 2. The molecule has 0 aliphatic carbocycles. The molecule has 0 bridgehead atoms. The third kappa shape index (κ3) is 2.90. The van der Waals surface area contributed by atoms with Crippen molar-refractivity contribution in [3.05, 3.63) is 0 Å². The minimum atomic E-state index is -0.479. The summed E-state index contributed by atoms with van der Waals surface area (Å²) in [7, 11) is 0. The quantitative estimate of drug-likeness (QED) is 0.447. The second-order valence-corrected chi connectivity index (χ2v) is 2.36. The molecule has 0 aromatic carbocycles. The molecular weight excluding hydrogens is 158 g/mol. The molecule has 12 heavy (non-hydrogen) atoms. The average Bonchev–Trinajstić information content (AvgIpc) is 2.07. The Bertz CT molecular complexity index is 158. The number of hydrogen-bond donors (Lipinski definition) is 0. The lowest BCUT2D eigenvalue weighted by Gasteiger charge is -2.21. The van der Waals surface area contributed by atoms with Gasteiger partial charge in [0.25, 0.3) is 0 Å². The molecule has 0 saturated heterocycles. The number of likely N-dealkylation sites (N-methyl/N-ethyl adjacent to an activating group) is 1. The van der Waals surface area contributed by atoms with E-state index in [1.807, 2.05) is 6.92 Å². The van der Waals surface area contributed by atoms with Gasteiger partial charge in [0.15, 0.2) is 0 Å². The first-order valence-corrected chi connectivity index (χ1v) is 4.05. The zero-order chi connectivity index (χ0) is 9.56. The molecule has 0 radical (unpaired) electrons. The first kappa shape index (κ1) is 10.9. The van der Waals surface area contributed by atoms with Crippen LogP contribution in [0.15, 0.2) is 0 Å². The van der Waals surface area contributed by atoms with Crippen LogP contribution in [0, 0.1) is 0 Å². The van der Waals surface area contributed by atoms with Gasteiger partial charge in [-0.2, -0.15) is 0 Å². The highest BCUT2D eigenvalue weighted by atomic mass is 16.5. The fraction of sp³-hybridized carbons (Fsp3) is 0.750. The van der Waals surface area contributed by atoms with Crippen molar-refractivity contribution in [2.75, 3.05) is 13.2 Å². The molecule has 0 rings (SSSR count). The first-order valence-electron chi connectivity index (χ1n) is 4.05. The van der Waals surface area contributed by atoms with Crippen LogP contribution in [-0.4, -0.2) is 36.5 Å². The molecular formula is C8H15NO3. The fourth-order valence-corrected chi connectivity index (χ4v) is 0.838. The summed E-state index contributed by atoms with van der Waals surface area (Å²) in [6.45, 7) is 6.06. The van der Waals surface area contributed by atoms with E-state index in [-0.39, 0.29) is 5.97 Å². The van der Waals surface area contributed by atoms with E-state index >= 15 is 0 Å². The first-order chi connectivity index (χ1) is 5.67. The van der Waals surface area contributed by atoms with E-state index in [9.17, 15) is 9.59 Å². The van der Waals surface area contributed by atoms with Crippen molar-refractivity contribution in [3.63, 3.8) is 0 Å². The van der Waals surface area contributed by atoms with Crippen LogP contribution in [-0.2, 0) is 14.3 Å². The molecule has 0 heterocycles. The molecule has 1 atom stereocenters. The third-order valence-corrected chi connectivity index (χ3v) is 1.63. The Morgan fingerprint density at radius 1 is 1.58 bits per heavy atom. The predicted octanol–water partition coefficient (Wildman–Crippen LogP) is 0.416. The second kappa shape index (κ2) is 5.57. The van der Waals surface area contributed by atoms with Gasteiger partial charge in [0.1, 0.15) is 6.04 Å². The summed E-state index contributed by atoms with van der Waals surface area (Å²) < 4.78 is 4.75. The van der Waals surface area contributed by atoms with Gasteiger partial charge in [-0.1, -0.05) is 0 Å². The zero-order valence-electron chi connectivity index (χ0n) is 7.74. The highest BCUT2D eigenvalue weighted by Crippen LogP contribution is 1.97. The van der Waals surface area contributed by atoms with E-state index < -0.39 is 6.04 Å². The smallest absolute Gasteiger partial charge is 0.328 e. The van der Waals surface area contributed by atoms with Gasteiger partial charge in [-0.15, -0.1) is 0 Å². The molecule has 0 N–H and O–H groups in total. The molecule has 0 aromatic heterocycles. The Morgan fingerprint density at radius 2 is 2.17 bits per heavy atom. The summed E-state index contributed by atoms with van der Waals surface area (Å²) in [5, 5.41) is 0. The van der Waals surface area contributed by atoms with Crippen LogP contribution < -0.4 is 0 Å². The topological polar surface area (TPSA) is 46.6 Å². The van der Waals surface area contributed by atoms with Gasteiger partial charge in [-0.3, -0.25) is 4.79 Å². The van der Waals surface area contributed by atoms with Crippen LogP contribution in [0.2, 0.25) is 0 Å². The van der Waals surface area contributed by atoms with Gasteiger partial charge in [-0.05, 0) is 20.8 Å². The molecule has 0 aromatic rings. The molecule has 0 spiro atoms. The lowest BCUT2D eigenvalue weighted by molar-refractivity contribution is -0.151. The summed E-state index contributed by atoms with van der Waals surface area (Å²) in [5.41, 5.74) is 0. The lowest BCUT2D eigenvalue weighted by Crippen LogP contribution is -2.38. The third-order valence-electron chi connectivity index (χ3n) is 1.63. The van der Waals surface area contributed by atoms with Gasteiger partial charge in [0, 0.05) is 6.54 Å². The van der Waals surface area contributed by atoms with Gasteiger partial charge < -0.3 is 9.64 Å². The minimum absolute atomic E-state index is 0.347. The number of ether oxygens (including phenoxy) is 1. The maximum absolute atomic E-state index is 11.1. The van der Waals surface area contributed by atoms with E-state index in [4.69, 9.17) is 4.74 Å². The number of amides is 1. The molecule has 1 amide bonds. The second-order valence-electron chi connectivity index (χ2n) is 2.36. The Labute approximate surface area is 72.5 Å². The van der Waals surface area contributed by atoms with Gasteiger partial charge in [-0.25, -0.2) is 4.79 Å². The van der Waals surface area contributed by atoms with Crippen LogP contribution in [0.1, 0.15) is 20.8 Å². The Balaban J connectivity index is 4.05. The lowest BCUT2D eigenvalue weighted by atomic mass is 10.3.